The SMILES string of the molecule is CCCNc1cc(COC(C)(C)CC)ccc1[N+](=O)[O-]. The summed E-state index contributed by atoms with van der Waals surface area (Å²) in [5, 5.41) is 14.1. The van der Waals surface area contributed by atoms with Gasteiger partial charge in [-0.15, -0.1) is 0 Å². The van der Waals surface area contributed by atoms with Gasteiger partial charge in [-0.25, -0.2) is 0 Å². The van der Waals surface area contributed by atoms with Gasteiger partial charge in [0.25, 0.3) is 5.69 Å². The van der Waals surface area contributed by atoms with Gasteiger partial charge >= 0.3 is 0 Å². The van der Waals surface area contributed by atoms with Crippen LogP contribution in [0.5, 0.6) is 0 Å². The molecule has 20 heavy (non-hydrogen) atoms. The molecule has 1 N–H and O–H groups in total. The second-order valence-electron chi connectivity index (χ2n) is 5.44. The van der Waals surface area contributed by atoms with E-state index in [2.05, 4.69) is 12.2 Å². The van der Waals surface area contributed by atoms with E-state index in [1.165, 1.54) is 6.07 Å². The quantitative estimate of drug-likeness (QED) is 0.574. The molecule has 0 spiro atoms. The minimum absolute atomic E-state index is 0.108. The molecule has 0 aromatic heterocycles. The predicted molar refractivity (Wildman–Crippen MR) is 81.0 cm³/mol. The van der Waals surface area contributed by atoms with E-state index in [1.54, 1.807) is 12.1 Å². The minimum Gasteiger partial charge on any atom is -0.379 e. The maximum absolute atomic E-state index is 11.0. The molecular formula is C15H24N2O3. The normalized spacial score (nSPS) is 11.4. The van der Waals surface area contributed by atoms with Crippen LogP contribution in [0.25, 0.3) is 0 Å². The summed E-state index contributed by atoms with van der Waals surface area (Å²) in [6, 6.07) is 5.09. The van der Waals surface area contributed by atoms with Gasteiger partial charge in [0.05, 0.1) is 17.1 Å². The van der Waals surface area contributed by atoms with Crippen molar-refractivity contribution < 1.29 is 9.66 Å². The van der Waals surface area contributed by atoms with Gasteiger partial charge in [0.15, 0.2) is 0 Å². The Labute approximate surface area is 120 Å². The standard InChI is InChI=1S/C15H24N2O3/c1-5-9-16-13-10-12(7-8-14(13)17(18)19)11-20-15(3,4)6-2/h7-8,10,16H,5-6,9,11H2,1-4H3. The van der Waals surface area contributed by atoms with Crippen molar-refractivity contribution in [2.45, 2.75) is 52.7 Å². The lowest BCUT2D eigenvalue weighted by Crippen LogP contribution is -2.22. The lowest BCUT2D eigenvalue weighted by atomic mass is 10.1. The molecule has 0 bridgehead atoms. The highest BCUT2D eigenvalue weighted by Gasteiger charge is 2.17. The zero-order chi connectivity index (χ0) is 15.2. The Morgan fingerprint density at radius 1 is 1.35 bits per heavy atom. The minimum atomic E-state index is -0.362. The molecule has 0 fully saturated rings. The molecule has 112 valence electrons. The molecule has 1 aromatic rings. The number of nitrogens with zero attached hydrogens (tertiary/aromatic N) is 1. The van der Waals surface area contributed by atoms with Crippen molar-refractivity contribution in [1.29, 1.82) is 0 Å². The number of hydrogen-bond donors (Lipinski definition) is 1. The van der Waals surface area contributed by atoms with E-state index in [4.69, 9.17) is 4.74 Å². The molecule has 0 heterocycles. The van der Waals surface area contributed by atoms with Gasteiger partial charge in [-0.05, 0) is 44.4 Å². The lowest BCUT2D eigenvalue weighted by Gasteiger charge is -2.23. The number of hydrogen-bond acceptors (Lipinski definition) is 4. The van der Waals surface area contributed by atoms with Gasteiger partial charge in [0, 0.05) is 12.6 Å². The van der Waals surface area contributed by atoms with E-state index >= 15 is 0 Å². The van der Waals surface area contributed by atoms with Crippen LogP contribution in [0, 0.1) is 10.1 Å². The fraction of sp³-hybridized carbons (Fsp3) is 0.600. The molecule has 0 aliphatic heterocycles. The molecule has 1 aromatic carbocycles. The third kappa shape index (κ3) is 4.81. The van der Waals surface area contributed by atoms with Crippen molar-refractivity contribution >= 4 is 11.4 Å². The number of benzene rings is 1. The Morgan fingerprint density at radius 2 is 2.05 bits per heavy atom. The Morgan fingerprint density at radius 3 is 2.60 bits per heavy atom. The first kappa shape index (κ1) is 16.4. The van der Waals surface area contributed by atoms with E-state index < -0.39 is 0 Å². The summed E-state index contributed by atoms with van der Waals surface area (Å²) in [7, 11) is 0. The van der Waals surface area contributed by atoms with E-state index in [1.807, 2.05) is 20.8 Å². The monoisotopic (exact) mass is 280 g/mol. The summed E-state index contributed by atoms with van der Waals surface area (Å²) in [5.74, 6) is 0. The molecule has 0 aliphatic carbocycles. The van der Waals surface area contributed by atoms with Crippen LogP contribution < -0.4 is 5.32 Å². The van der Waals surface area contributed by atoms with Gasteiger partial charge in [0.2, 0.25) is 0 Å². The smallest absolute Gasteiger partial charge is 0.292 e. The maximum atomic E-state index is 11.0. The summed E-state index contributed by atoms with van der Waals surface area (Å²) >= 11 is 0. The number of nitro groups is 1. The van der Waals surface area contributed by atoms with Crippen LogP contribution in [0.2, 0.25) is 0 Å². The van der Waals surface area contributed by atoms with Crippen molar-refractivity contribution in [1.82, 2.24) is 0 Å². The molecule has 5 nitrogen and oxygen atoms in total. The zero-order valence-corrected chi connectivity index (χ0v) is 12.7. The summed E-state index contributed by atoms with van der Waals surface area (Å²) in [6.45, 7) is 9.34. The third-order valence-corrected chi connectivity index (χ3v) is 3.30. The Bertz CT molecular complexity index is 458. The maximum Gasteiger partial charge on any atom is 0.292 e. The van der Waals surface area contributed by atoms with Gasteiger partial charge in [-0.3, -0.25) is 10.1 Å². The first-order chi connectivity index (χ1) is 9.39. The molecule has 0 saturated carbocycles. The van der Waals surface area contributed by atoms with Crippen LogP contribution in [0.1, 0.15) is 46.1 Å². The molecule has 0 radical (unpaired) electrons. The molecular weight excluding hydrogens is 256 g/mol. The number of nitrogens with one attached hydrogen (secondary N) is 1. The van der Waals surface area contributed by atoms with Crippen LogP contribution >= 0.6 is 0 Å². The second kappa shape index (κ2) is 7.24. The van der Waals surface area contributed by atoms with E-state index in [0.717, 1.165) is 18.4 Å². The van der Waals surface area contributed by atoms with Gasteiger partial charge < -0.3 is 10.1 Å². The number of ether oxygens (including phenoxy) is 1. The summed E-state index contributed by atoms with van der Waals surface area (Å²) < 4.78 is 5.83. The zero-order valence-electron chi connectivity index (χ0n) is 12.7. The number of anilines is 1. The average Bonchev–Trinajstić information content (AvgIpc) is 2.42. The number of nitro benzene ring substituents is 1. The van der Waals surface area contributed by atoms with Crippen molar-refractivity contribution in [3.8, 4) is 0 Å². The molecule has 0 atom stereocenters. The van der Waals surface area contributed by atoms with Crippen LogP contribution in [0.4, 0.5) is 11.4 Å². The molecule has 0 unspecified atom stereocenters. The van der Waals surface area contributed by atoms with Gasteiger partial charge in [0.1, 0.15) is 5.69 Å². The first-order valence-electron chi connectivity index (χ1n) is 7.04. The molecule has 0 aliphatic rings. The predicted octanol–water partition coefficient (Wildman–Crippen LogP) is 4.12. The first-order valence-corrected chi connectivity index (χ1v) is 7.04. The van der Waals surface area contributed by atoms with E-state index in [9.17, 15) is 10.1 Å². The molecule has 1 rings (SSSR count). The largest absolute Gasteiger partial charge is 0.379 e. The van der Waals surface area contributed by atoms with Crippen LogP contribution in [-0.2, 0) is 11.3 Å². The molecule has 0 saturated heterocycles. The third-order valence-electron chi connectivity index (χ3n) is 3.30. The second-order valence-corrected chi connectivity index (χ2v) is 5.44. The summed E-state index contributed by atoms with van der Waals surface area (Å²) in [6.07, 6.45) is 1.83. The molecule has 0 amide bonds. The fourth-order valence-electron chi connectivity index (χ4n) is 1.61. The highest BCUT2D eigenvalue weighted by molar-refractivity contribution is 5.62. The van der Waals surface area contributed by atoms with E-state index in [-0.39, 0.29) is 16.2 Å². The van der Waals surface area contributed by atoms with Crippen LogP contribution in [0.15, 0.2) is 18.2 Å². The highest BCUT2D eigenvalue weighted by Crippen LogP contribution is 2.26. The summed E-state index contributed by atoms with van der Waals surface area (Å²) in [4.78, 5) is 10.6. The van der Waals surface area contributed by atoms with Gasteiger partial charge in [-0.1, -0.05) is 13.8 Å². The fourth-order valence-corrected chi connectivity index (χ4v) is 1.61. The lowest BCUT2D eigenvalue weighted by molar-refractivity contribution is -0.384. The summed E-state index contributed by atoms with van der Waals surface area (Å²) in [5.41, 5.74) is 1.43. The van der Waals surface area contributed by atoms with E-state index in [0.29, 0.717) is 18.8 Å². The topological polar surface area (TPSA) is 64.4 Å². The Hall–Kier alpha value is -1.62. The average molecular weight is 280 g/mol. The van der Waals surface area contributed by atoms with Crippen molar-refractivity contribution in [2.24, 2.45) is 0 Å². The van der Waals surface area contributed by atoms with Crippen molar-refractivity contribution in [3.05, 3.63) is 33.9 Å². The Kier molecular flexibility index (Phi) is 5.95. The molecule has 5 heteroatoms. The Balaban J connectivity index is 2.86. The van der Waals surface area contributed by atoms with Crippen molar-refractivity contribution in [3.63, 3.8) is 0 Å². The van der Waals surface area contributed by atoms with Crippen LogP contribution in [0.3, 0.4) is 0 Å². The number of rotatable bonds is 8. The van der Waals surface area contributed by atoms with Crippen LogP contribution in [-0.4, -0.2) is 17.1 Å². The van der Waals surface area contributed by atoms with Crippen molar-refractivity contribution in [2.75, 3.05) is 11.9 Å². The van der Waals surface area contributed by atoms with Gasteiger partial charge in [-0.2, -0.15) is 0 Å². The highest BCUT2D eigenvalue weighted by atomic mass is 16.6.